The Kier molecular flexibility index (Phi) is 4.73. The molecule has 6 heteroatoms. The number of nitrogens with one attached hydrogen (secondary N) is 1. The predicted octanol–water partition coefficient (Wildman–Crippen LogP) is 1.49. The molecule has 1 aromatic heterocycles. The van der Waals surface area contributed by atoms with Gasteiger partial charge in [0.05, 0.1) is 12.6 Å². The van der Waals surface area contributed by atoms with Crippen LogP contribution in [0.15, 0.2) is 0 Å². The van der Waals surface area contributed by atoms with Gasteiger partial charge in [0.15, 0.2) is 5.82 Å². The lowest BCUT2D eigenvalue weighted by atomic mass is 10.2. The maximum atomic E-state index is 4.08. The summed E-state index contributed by atoms with van der Waals surface area (Å²) >= 11 is 1.82. The van der Waals surface area contributed by atoms with E-state index >= 15 is 0 Å². The van der Waals surface area contributed by atoms with Gasteiger partial charge in [0.1, 0.15) is 0 Å². The van der Waals surface area contributed by atoms with E-state index in [-0.39, 0.29) is 10.8 Å². The maximum Gasteiger partial charge on any atom is 0.167 e. The number of rotatable bonds is 6. The number of thioether (sulfide) groups is 1. The van der Waals surface area contributed by atoms with Gasteiger partial charge >= 0.3 is 0 Å². The minimum Gasteiger partial charge on any atom is -0.308 e. The normalized spacial score (nSPS) is 14.1. The Morgan fingerprint density at radius 2 is 2.19 bits per heavy atom. The number of hydrogen-bond donors (Lipinski definition) is 1. The molecule has 0 bridgehead atoms. The Morgan fingerprint density at radius 3 is 2.75 bits per heavy atom. The third kappa shape index (κ3) is 3.45. The fraction of sp³-hybridized carbons (Fsp3) is 0.900. The fourth-order valence-electron chi connectivity index (χ4n) is 1.46. The van der Waals surface area contributed by atoms with Crippen molar-refractivity contribution in [2.75, 3.05) is 12.8 Å². The van der Waals surface area contributed by atoms with Crippen molar-refractivity contribution in [3.05, 3.63) is 5.82 Å². The third-order valence-corrected chi connectivity index (χ3v) is 3.77. The molecular formula is C10H21N5S. The van der Waals surface area contributed by atoms with Crippen molar-refractivity contribution in [3.8, 4) is 0 Å². The molecule has 0 aliphatic carbocycles. The minimum atomic E-state index is 0.149. The van der Waals surface area contributed by atoms with Gasteiger partial charge in [-0.3, -0.25) is 0 Å². The van der Waals surface area contributed by atoms with Gasteiger partial charge in [-0.25, -0.2) is 4.68 Å². The van der Waals surface area contributed by atoms with Gasteiger partial charge in [0.25, 0.3) is 0 Å². The molecule has 0 amide bonds. The molecule has 1 atom stereocenters. The van der Waals surface area contributed by atoms with Gasteiger partial charge in [-0.15, -0.1) is 5.10 Å². The molecule has 0 saturated heterocycles. The Hall–Kier alpha value is -0.620. The quantitative estimate of drug-likeness (QED) is 0.820. The van der Waals surface area contributed by atoms with Crippen LogP contribution in [0.3, 0.4) is 0 Å². The van der Waals surface area contributed by atoms with Crippen molar-refractivity contribution < 1.29 is 0 Å². The Morgan fingerprint density at radius 1 is 1.50 bits per heavy atom. The van der Waals surface area contributed by atoms with Gasteiger partial charge in [0, 0.05) is 4.75 Å². The first-order chi connectivity index (χ1) is 7.50. The molecule has 5 nitrogen and oxygen atoms in total. The van der Waals surface area contributed by atoms with Crippen molar-refractivity contribution in [1.29, 1.82) is 0 Å². The summed E-state index contributed by atoms with van der Waals surface area (Å²) in [6.45, 7) is 10.3. The summed E-state index contributed by atoms with van der Waals surface area (Å²) in [6.07, 6.45) is 2.11. The summed E-state index contributed by atoms with van der Waals surface area (Å²) in [5.74, 6) is 0.906. The molecule has 0 aromatic carbocycles. The monoisotopic (exact) mass is 243 g/mol. The summed E-state index contributed by atoms with van der Waals surface area (Å²) in [4.78, 5) is 0. The van der Waals surface area contributed by atoms with E-state index in [9.17, 15) is 0 Å². The van der Waals surface area contributed by atoms with Gasteiger partial charge in [-0.05, 0) is 44.0 Å². The first-order valence-electron chi connectivity index (χ1n) is 5.54. The smallest absolute Gasteiger partial charge is 0.167 e. The Balaban J connectivity index is 2.78. The lowest BCUT2D eigenvalue weighted by molar-refractivity contribution is 0.456. The Labute approximate surface area is 101 Å². The first kappa shape index (κ1) is 13.4. The molecule has 1 aromatic rings. The van der Waals surface area contributed by atoms with E-state index in [0.717, 1.165) is 18.9 Å². The summed E-state index contributed by atoms with van der Waals surface area (Å²) in [6, 6.07) is 0.192. The van der Waals surface area contributed by atoms with Crippen LogP contribution in [-0.2, 0) is 6.54 Å². The third-order valence-electron chi connectivity index (χ3n) is 2.54. The topological polar surface area (TPSA) is 55.6 Å². The van der Waals surface area contributed by atoms with Crippen LogP contribution in [0.2, 0.25) is 0 Å². The summed E-state index contributed by atoms with van der Waals surface area (Å²) in [5, 5.41) is 15.2. The van der Waals surface area contributed by atoms with Crippen molar-refractivity contribution >= 4 is 11.8 Å². The van der Waals surface area contributed by atoms with Gasteiger partial charge in [-0.1, -0.05) is 6.92 Å². The SMILES string of the molecule is CCNC(C)c1nnnn1CC(C)(C)SC. The van der Waals surface area contributed by atoms with Crippen molar-refractivity contribution in [3.63, 3.8) is 0 Å². The van der Waals surface area contributed by atoms with Crippen LogP contribution in [0, 0.1) is 0 Å². The van der Waals surface area contributed by atoms with Gasteiger partial charge < -0.3 is 5.32 Å². The van der Waals surface area contributed by atoms with E-state index in [1.807, 2.05) is 16.4 Å². The highest BCUT2D eigenvalue weighted by atomic mass is 32.2. The van der Waals surface area contributed by atoms with Crippen LogP contribution in [0.4, 0.5) is 0 Å². The lowest BCUT2D eigenvalue weighted by Gasteiger charge is -2.23. The van der Waals surface area contributed by atoms with Gasteiger partial charge in [-0.2, -0.15) is 11.8 Å². The molecule has 1 N–H and O–H groups in total. The molecule has 0 fully saturated rings. The maximum absolute atomic E-state index is 4.08. The second-order valence-corrected chi connectivity index (χ2v) is 5.95. The fourth-order valence-corrected chi connectivity index (χ4v) is 1.71. The highest BCUT2D eigenvalue weighted by Crippen LogP contribution is 2.23. The molecule has 0 radical (unpaired) electrons. The molecular weight excluding hydrogens is 222 g/mol. The first-order valence-corrected chi connectivity index (χ1v) is 6.77. The highest BCUT2D eigenvalue weighted by molar-refractivity contribution is 7.99. The molecule has 1 rings (SSSR count). The Bertz CT molecular complexity index is 323. The van der Waals surface area contributed by atoms with E-state index in [2.05, 4.69) is 54.8 Å². The van der Waals surface area contributed by atoms with E-state index < -0.39 is 0 Å². The van der Waals surface area contributed by atoms with Crippen LogP contribution in [-0.4, -0.2) is 37.8 Å². The highest BCUT2D eigenvalue weighted by Gasteiger charge is 2.21. The molecule has 1 heterocycles. The molecule has 16 heavy (non-hydrogen) atoms. The van der Waals surface area contributed by atoms with Crippen LogP contribution in [0.1, 0.15) is 39.6 Å². The summed E-state index contributed by atoms with van der Waals surface area (Å²) in [5.41, 5.74) is 0. The molecule has 1 unspecified atom stereocenters. The van der Waals surface area contributed by atoms with E-state index in [0.29, 0.717) is 0 Å². The number of tetrazole rings is 1. The summed E-state index contributed by atoms with van der Waals surface area (Å²) in [7, 11) is 0. The average molecular weight is 243 g/mol. The van der Waals surface area contributed by atoms with E-state index in [1.54, 1.807) is 0 Å². The number of nitrogens with zero attached hydrogens (tertiary/aromatic N) is 4. The standard InChI is InChI=1S/C10H21N5S/c1-6-11-8(2)9-12-13-14-15(9)7-10(3,4)16-5/h8,11H,6-7H2,1-5H3. The second-order valence-electron chi connectivity index (χ2n) is 4.44. The minimum absolute atomic E-state index is 0.149. The lowest BCUT2D eigenvalue weighted by Crippen LogP contribution is -2.28. The van der Waals surface area contributed by atoms with Gasteiger partial charge in [0.2, 0.25) is 0 Å². The number of aromatic nitrogens is 4. The molecule has 0 aliphatic heterocycles. The van der Waals surface area contributed by atoms with Crippen molar-refractivity contribution in [2.45, 2.75) is 45.0 Å². The molecule has 0 aliphatic rings. The summed E-state index contributed by atoms with van der Waals surface area (Å²) < 4.78 is 2.04. The van der Waals surface area contributed by atoms with Crippen LogP contribution in [0.25, 0.3) is 0 Å². The zero-order chi connectivity index (χ0) is 12.2. The average Bonchev–Trinajstić information content (AvgIpc) is 2.65. The van der Waals surface area contributed by atoms with Crippen LogP contribution >= 0.6 is 11.8 Å². The van der Waals surface area contributed by atoms with Crippen LogP contribution in [0.5, 0.6) is 0 Å². The number of hydrogen-bond acceptors (Lipinski definition) is 5. The van der Waals surface area contributed by atoms with E-state index in [1.165, 1.54) is 0 Å². The zero-order valence-electron chi connectivity index (χ0n) is 10.7. The van der Waals surface area contributed by atoms with Crippen molar-refractivity contribution in [1.82, 2.24) is 25.5 Å². The zero-order valence-corrected chi connectivity index (χ0v) is 11.5. The predicted molar refractivity (Wildman–Crippen MR) is 67.5 cm³/mol. The molecule has 92 valence electrons. The molecule has 0 saturated carbocycles. The van der Waals surface area contributed by atoms with E-state index in [4.69, 9.17) is 0 Å². The molecule has 0 spiro atoms. The second kappa shape index (κ2) is 5.63. The van der Waals surface area contributed by atoms with Crippen molar-refractivity contribution in [2.24, 2.45) is 0 Å². The largest absolute Gasteiger partial charge is 0.308 e. The van der Waals surface area contributed by atoms with Crippen LogP contribution < -0.4 is 5.32 Å².